The molecular weight excluding hydrogens is 238 g/mol. The number of carbonyl (C=O) groups is 2. The average molecular weight is 259 g/mol. The second-order valence-electron chi connectivity index (χ2n) is 5.34. The van der Waals surface area contributed by atoms with Crippen LogP contribution >= 0.6 is 0 Å². The Kier molecular flexibility index (Phi) is 4.56. The van der Waals surface area contributed by atoms with Crippen molar-refractivity contribution in [1.29, 1.82) is 0 Å². The van der Waals surface area contributed by atoms with E-state index in [1.165, 1.54) is 7.11 Å². The number of esters is 1. The van der Waals surface area contributed by atoms with Crippen LogP contribution in [0.1, 0.15) is 34.1 Å². The molecule has 1 saturated heterocycles. The standard InChI is InChI=1S/C12H21NO5/c1-7-9(17-7)6-8(10(14)16-5)13-11(15)18-12(2,3)4/h7-9H,6H2,1-5H3,(H,13,15)/t7-,8-,9-/m0/s1. The van der Waals surface area contributed by atoms with E-state index in [1.54, 1.807) is 20.8 Å². The van der Waals surface area contributed by atoms with Gasteiger partial charge in [0.15, 0.2) is 0 Å². The second-order valence-corrected chi connectivity index (χ2v) is 5.34. The zero-order valence-electron chi connectivity index (χ0n) is 11.5. The Morgan fingerprint density at radius 3 is 2.33 bits per heavy atom. The number of rotatable bonds is 4. The highest BCUT2D eigenvalue weighted by atomic mass is 16.6. The van der Waals surface area contributed by atoms with Crippen molar-refractivity contribution in [3.8, 4) is 0 Å². The van der Waals surface area contributed by atoms with Crippen molar-refractivity contribution in [3.05, 3.63) is 0 Å². The third-order valence-corrected chi connectivity index (χ3v) is 2.48. The van der Waals surface area contributed by atoms with E-state index in [0.29, 0.717) is 6.42 Å². The van der Waals surface area contributed by atoms with Gasteiger partial charge in [-0.2, -0.15) is 0 Å². The Balaban J connectivity index is 2.50. The highest BCUT2D eigenvalue weighted by molar-refractivity contribution is 5.81. The zero-order valence-corrected chi connectivity index (χ0v) is 11.5. The monoisotopic (exact) mass is 259 g/mol. The average Bonchev–Trinajstić information content (AvgIpc) is 2.89. The maximum atomic E-state index is 11.6. The normalized spacial score (nSPS) is 24.1. The van der Waals surface area contributed by atoms with Crippen LogP contribution in [0.2, 0.25) is 0 Å². The van der Waals surface area contributed by atoms with Gasteiger partial charge in [-0.25, -0.2) is 9.59 Å². The molecule has 0 aromatic heterocycles. The second kappa shape index (κ2) is 5.56. The predicted octanol–water partition coefficient (Wildman–Crippen LogP) is 1.23. The number of hydrogen-bond donors (Lipinski definition) is 1. The topological polar surface area (TPSA) is 77.2 Å². The number of methoxy groups -OCH3 is 1. The van der Waals surface area contributed by atoms with Gasteiger partial charge in [0.1, 0.15) is 11.6 Å². The SMILES string of the molecule is COC(=O)[C@H](C[C@@H]1O[C@H]1C)NC(=O)OC(C)(C)C. The van der Waals surface area contributed by atoms with Gasteiger partial charge < -0.3 is 19.5 Å². The molecule has 6 heteroatoms. The van der Waals surface area contributed by atoms with Crippen molar-refractivity contribution in [2.24, 2.45) is 0 Å². The molecule has 0 aliphatic carbocycles. The minimum absolute atomic E-state index is 0.0102. The number of ether oxygens (including phenoxy) is 3. The predicted molar refractivity (Wildman–Crippen MR) is 64.1 cm³/mol. The molecule has 1 rings (SSSR count). The summed E-state index contributed by atoms with van der Waals surface area (Å²) in [7, 11) is 1.28. The number of alkyl carbamates (subject to hydrolysis) is 1. The lowest BCUT2D eigenvalue weighted by atomic mass is 10.1. The summed E-state index contributed by atoms with van der Waals surface area (Å²) in [4.78, 5) is 23.1. The molecule has 0 aromatic carbocycles. The van der Waals surface area contributed by atoms with Crippen LogP contribution in [0.3, 0.4) is 0 Å². The van der Waals surface area contributed by atoms with Crippen LogP contribution in [0.15, 0.2) is 0 Å². The van der Waals surface area contributed by atoms with E-state index in [4.69, 9.17) is 9.47 Å². The molecule has 1 aliphatic heterocycles. The fourth-order valence-electron chi connectivity index (χ4n) is 1.52. The van der Waals surface area contributed by atoms with Crippen LogP contribution in [-0.2, 0) is 19.0 Å². The van der Waals surface area contributed by atoms with Gasteiger partial charge in [-0.1, -0.05) is 0 Å². The zero-order chi connectivity index (χ0) is 13.9. The summed E-state index contributed by atoms with van der Waals surface area (Å²) < 4.78 is 15.0. The van der Waals surface area contributed by atoms with Crippen LogP contribution in [-0.4, -0.2) is 43.0 Å². The molecule has 1 fully saturated rings. The first-order chi connectivity index (χ1) is 8.23. The number of nitrogens with one attached hydrogen (secondary N) is 1. The van der Waals surface area contributed by atoms with E-state index in [2.05, 4.69) is 10.1 Å². The summed E-state index contributed by atoms with van der Waals surface area (Å²) >= 11 is 0. The minimum atomic E-state index is -0.736. The fourth-order valence-corrected chi connectivity index (χ4v) is 1.52. The molecule has 0 aromatic rings. The third-order valence-electron chi connectivity index (χ3n) is 2.48. The Morgan fingerprint density at radius 1 is 1.39 bits per heavy atom. The largest absolute Gasteiger partial charge is 0.467 e. The molecule has 0 spiro atoms. The molecule has 0 unspecified atom stereocenters. The molecule has 0 radical (unpaired) electrons. The Bertz CT molecular complexity index is 323. The fraction of sp³-hybridized carbons (Fsp3) is 0.833. The highest BCUT2D eigenvalue weighted by Gasteiger charge is 2.39. The molecule has 1 amide bonds. The number of amides is 1. The van der Waals surface area contributed by atoms with E-state index < -0.39 is 23.7 Å². The van der Waals surface area contributed by atoms with Crippen LogP contribution in [0.4, 0.5) is 4.79 Å². The van der Waals surface area contributed by atoms with Gasteiger partial charge in [0.05, 0.1) is 19.3 Å². The number of carbonyl (C=O) groups excluding carboxylic acids is 2. The molecule has 18 heavy (non-hydrogen) atoms. The Hall–Kier alpha value is -1.30. The number of epoxide rings is 1. The van der Waals surface area contributed by atoms with Crippen molar-refractivity contribution in [2.45, 2.75) is 58.0 Å². The maximum absolute atomic E-state index is 11.6. The Labute approximate surface area is 107 Å². The van der Waals surface area contributed by atoms with E-state index in [1.807, 2.05) is 6.92 Å². The van der Waals surface area contributed by atoms with Gasteiger partial charge in [0, 0.05) is 6.42 Å². The van der Waals surface area contributed by atoms with Gasteiger partial charge >= 0.3 is 12.1 Å². The van der Waals surface area contributed by atoms with Crippen molar-refractivity contribution >= 4 is 12.1 Å². The summed E-state index contributed by atoms with van der Waals surface area (Å²) in [5, 5.41) is 2.50. The van der Waals surface area contributed by atoms with Gasteiger partial charge in [-0.05, 0) is 27.7 Å². The van der Waals surface area contributed by atoms with Crippen molar-refractivity contribution in [1.82, 2.24) is 5.32 Å². The van der Waals surface area contributed by atoms with E-state index in [0.717, 1.165) is 0 Å². The summed E-state index contributed by atoms with van der Waals surface area (Å²) in [6, 6.07) is -0.736. The van der Waals surface area contributed by atoms with E-state index >= 15 is 0 Å². The minimum Gasteiger partial charge on any atom is -0.467 e. The molecule has 0 saturated carbocycles. The molecule has 1 aliphatic rings. The molecule has 1 N–H and O–H groups in total. The smallest absolute Gasteiger partial charge is 0.408 e. The summed E-state index contributed by atoms with van der Waals surface area (Å²) in [5.74, 6) is -0.497. The van der Waals surface area contributed by atoms with Gasteiger partial charge in [0.25, 0.3) is 0 Å². The molecule has 0 bridgehead atoms. The number of hydrogen-bond acceptors (Lipinski definition) is 5. The van der Waals surface area contributed by atoms with Crippen LogP contribution < -0.4 is 5.32 Å². The first-order valence-corrected chi connectivity index (χ1v) is 5.95. The molecular formula is C12H21NO5. The lowest BCUT2D eigenvalue weighted by molar-refractivity contribution is -0.143. The van der Waals surface area contributed by atoms with Crippen molar-refractivity contribution < 1.29 is 23.8 Å². The molecule has 104 valence electrons. The highest BCUT2D eigenvalue weighted by Crippen LogP contribution is 2.26. The maximum Gasteiger partial charge on any atom is 0.408 e. The lowest BCUT2D eigenvalue weighted by Gasteiger charge is -2.22. The van der Waals surface area contributed by atoms with Gasteiger partial charge in [-0.15, -0.1) is 0 Å². The van der Waals surface area contributed by atoms with Crippen LogP contribution in [0.25, 0.3) is 0 Å². The molecule has 3 atom stereocenters. The first kappa shape index (κ1) is 14.8. The van der Waals surface area contributed by atoms with Crippen molar-refractivity contribution in [3.63, 3.8) is 0 Å². The third kappa shape index (κ3) is 4.91. The van der Waals surface area contributed by atoms with Gasteiger partial charge in [-0.3, -0.25) is 0 Å². The molecule has 1 heterocycles. The summed E-state index contributed by atoms with van der Waals surface area (Å²) in [5.41, 5.74) is -0.603. The van der Waals surface area contributed by atoms with Crippen LogP contribution in [0, 0.1) is 0 Å². The summed E-state index contributed by atoms with van der Waals surface area (Å²) in [6.45, 7) is 7.18. The molecule has 6 nitrogen and oxygen atoms in total. The van der Waals surface area contributed by atoms with E-state index in [9.17, 15) is 9.59 Å². The lowest BCUT2D eigenvalue weighted by Crippen LogP contribution is -2.44. The Morgan fingerprint density at radius 2 is 1.94 bits per heavy atom. The first-order valence-electron chi connectivity index (χ1n) is 5.95. The summed E-state index contributed by atoms with van der Waals surface area (Å²) in [6.07, 6.45) is -0.125. The van der Waals surface area contributed by atoms with Crippen molar-refractivity contribution in [2.75, 3.05) is 7.11 Å². The van der Waals surface area contributed by atoms with E-state index in [-0.39, 0.29) is 12.2 Å². The van der Waals surface area contributed by atoms with Gasteiger partial charge in [0.2, 0.25) is 0 Å². The van der Waals surface area contributed by atoms with Crippen LogP contribution in [0.5, 0.6) is 0 Å². The quantitative estimate of drug-likeness (QED) is 0.607.